The molecule has 3 heteroatoms. The number of carbonyl (C=O) groups excluding carboxylic acids is 1. The summed E-state index contributed by atoms with van der Waals surface area (Å²) in [5, 5.41) is 23.6. The highest BCUT2D eigenvalue weighted by molar-refractivity contribution is 5.68. The van der Waals surface area contributed by atoms with Gasteiger partial charge in [-0.1, -0.05) is 160 Å². The normalized spacial score (nSPS) is 17.5. The van der Waals surface area contributed by atoms with Gasteiger partial charge in [0.2, 0.25) is 0 Å². The third kappa shape index (κ3) is 13.0. The van der Waals surface area contributed by atoms with Crippen molar-refractivity contribution in [3.05, 3.63) is 28.8 Å². The second kappa shape index (κ2) is 21.2. The Bertz CT molecular complexity index is 810. The van der Waals surface area contributed by atoms with Crippen LogP contribution in [0.25, 0.3) is 0 Å². The molecule has 1 N–H and O–H groups in total. The smallest absolute Gasteiger partial charge is 0.122 e. The number of hydrogen-bond donors (Lipinski definition) is 1. The maximum atomic E-state index is 12.2. The summed E-state index contributed by atoms with van der Waals surface area (Å²) in [4.78, 5) is 12.2. The van der Waals surface area contributed by atoms with E-state index in [0.717, 1.165) is 55.2 Å². The van der Waals surface area contributed by atoms with Gasteiger partial charge in [0.15, 0.2) is 0 Å². The quantitative estimate of drug-likeness (QED) is 0.139. The zero-order valence-corrected chi connectivity index (χ0v) is 27.4. The molecule has 0 bridgehead atoms. The lowest BCUT2D eigenvalue weighted by Crippen LogP contribution is -2.32. The van der Waals surface area contributed by atoms with Crippen LogP contribution in [0.5, 0.6) is 5.75 Å². The number of hydrogen-bond acceptors (Lipinski definition) is 3. The van der Waals surface area contributed by atoms with Crippen LogP contribution in [0, 0.1) is 5.92 Å². The van der Waals surface area contributed by atoms with Crippen molar-refractivity contribution in [1.29, 1.82) is 0 Å². The van der Waals surface area contributed by atoms with Crippen molar-refractivity contribution in [2.75, 3.05) is 0 Å². The van der Waals surface area contributed by atoms with Gasteiger partial charge in [-0.3, -0.25) is 0 Å². The van der Waals surface area contributed by atoms with Crippen molar-refractivity contribution < 1.29 is 15.0 Å². The Kier molecular flexibility index (Phi) is 17.7. The molecule has 2 aliphatic rings. The van der Waals surface area contributed by atoms with Crippen LogP contribution in [0.4, 0.5) is 0 Å². The number of unbranched alkanes of at least 4 members (excludes halogenated alkanes) is 15. The molecule has 0 saturated heterocycles. The van der Waals surface area contributed by atoms with Crippen LogP contribution in [0.3, 0.4) is 0 Å². The van der Waals surface area contributed by atoms with E-state index in [1.165, 1.54) is 128 Å². The van der Waals surface area contributed by atoms with Gasteiger partial charge in [-0.25, -0.2) is 0 Å². The summed E-state index contributed by atoms with van der Waals surface area (Å²) in [6.45, 7) is 2.28. The molecule has 0 amide bonds. The Hall–Kier alpha value is -1.51. The number of carboxylic acids is 1. The zero-order chi connectivity index (χ0) is 29.8. The van der Waals surface area contributed by atoms with Crippen LogP contribution in [0.2, 0.25) is 0 Å². The number of carbonyl (C=O) groups is 1. The van der Waals surface area contributed by atoms with Gasteiger partial charge in [0, 0.05) is 11.9 Å². The molecule has 0 aromatic heterocycles. The molecule has 3 rings (SSSR count). The molecular weight excluding hydrogens is 516 g/mol. The molecule has 0 aliphatic heterocycles. The van der Waals surface area contributed by atoms with Crippen LogP contribution >= 0.6 is 0 Å². The molecule has 1 atom stereocenters. The molecule has 240 valence electrons. The van der Waals surface area contributed by atoms with E-state index in [4.69, 9.17) is 0 Å². The summed E-state index contributed by atoms with van der Waals surface area (Å²) in [5.41, 5.74) is 3.32. The fourth-order valence-corrected chi connectivity index (χ4v) is 7.84. The average Bonchev–Trinajstić information content (AvgIpc) is 3.01. The Morgan fingerprint density at radius 1 is 0.667 bits per heavy atom. The van der Waals surface area contributed by atoms with Crippen molar-refractivity contribution in [1.82, 2.24) is 0 Å². The number of aliphatic carboxylic acids is 1. The monoisotopic (exact) mass is 581 g/mol. The number of aromatic hydroxyl groups is 1. The van der Waals surface area contributed by atoms with E-state index in [0.29, 0.717) is 30.4 Å². The SMILES string of the molecule is CCCCCCCCCCCCCCCCCCC(Cc1cc(C2CCCCC2)c(O)c(C2CCCCC2)c1)C(=O)[O-]. The molecular formula is C39H65O3-. The Labute approximate surface area is 259 Å². The number of carboxylic acid groups (broad SMARTS) is 1. The summed E-state index contributed by atoms with van der Waals surface area (Å²) >= 11 is 0. The molecule has 0 radical (unpaired) electrons. The van der Waals surface area contributed by atoms with Crippen LogP contribution in [0.1, 0.15) is 209 Å². The topological polar surface area (TPSA) is 60.4 Å². The third-order valence-electron chi connectivity index (χ3n) is 10.5. The van der Waals surface area contributed by atoms with Gasteiger partial charge in [0.25, 0.3) is 0 Å². The van der Waals surface area contributed by atoms with Crippen molar-refractivity contribution in [3.63, 3.8) is 0 Å². The fraction of sp³-hybridized carbons (Fsp3) is 0.821. The maximum absolute atomic E-state index is 12.2. The minimum absolute atomic E-state index is 0.419. The van der Waals surface area contributed by atoms with Gasteiger partial charge >= 0.3 is 0 Å². The van der Waals surface area contributed by atoms with E-state index in [9.17, 15) is 15.0 Å². The first kappa shape index (κ1) is 35.0. The number of rotatable bonds is 22. The lowest BCUT2D eigenvalue weighted by molar-refractivity contribution is -0.311. The van der Waals surface area contributed by atoms with Gasteiger partial charge in [-0.2, -0.15) is 0 Å². The highest BCUT2D eigenvalue weighted by Crippen LogP contribution is 2.44. The number of phenols is 1. The van der Waals surface area contributed by atoms with E-state index < -0.39 is 11.9 Å². The molecule has 2 saturated carbocycles. The standard InChI is InChI=1S/C39H66O3/c1-2-3-4-5-6-7-8-9-10-11-12-13-14-15-16-19-28-35(39(41)42)29-32-30-36(33-24-20-17-21-25-33)38(40)37(31-32)34-26-22-18-23-27-34/h30-31,33-35,40H,2-29H2,1H3,(H,41,42)/p-1. The minimum Gasteiger partial charge on any atom is -0.550 e. The second-order valence-corrected chi connectivity index (χ2v) is 14.1. The van der Waals surface area contributed by atoms with E-state index in [1.54, 1.807) is 0 Å². The fourth-order valence-electron chi connectivity index (χ4n) is 7.84. The Morgan fingerprint density at radius 2 is 1.05 bits per heavy atom. The summed E-state index contributed by atoms with van der Waals surface area (Å²) in [5.74, 6) is 0.0351. The lowest BCUT2D eigenvalue weighted by Gasteiger charge is -2.29. The molecule has 1 unspecified atom stereocenters. The molecule has 2 fully saturated rings. The first-order valence-corrected chi connectivity index (χ1v) is 18.7. The summed E-state index contributed by atoms with van der Waals surface area (Å²) in [7, 11) is 0. The first-order valence-electron chi connectivity index (χ1n) is 18.7. The van der Waals surface area contributed by atoms with Gasteiger partial charge in [0.1, 0.15) is 5.75 Å². The van der Waals surface area contributed by atoms with Crippen LogP contribution in [-0.2, 0) is 11.2 Å². The molecule has 2 aliphatic carbocycles. The van der Waals surface area contributed by atoms with Crippen LogP contribution in [0.15, 0.2) is 12.1 Å². The largest absolute Gasteiger partial charge is 0.550 e. The maximum Gasteiger partial charge on any atom is 0.122 e. The van der Waals surface area contributed by atoms with E-state index >= 15 is 0 Å². The Balaban J connectivity index is 1.37. The van der Waals surface area contributed by atoms with Crippen molar-refractivity contribution >= 4 is 5.97 Å². The molecule has 0 spiro atoms. The van der Waals surface area contributed by atoms with Gasteiger partial charge < -0.3 is 15.0 Å². The molecule has 1 aromatic rings. The van der Waals surface area contributed by atoms with E-state index in [1.807, 2.05) is 0 Å². The Morgan fingerprint density at radius 3 is 1.43 bits per heavy atom. The molecule has 42 heavy (non-hydrogen) atoms. The zero-order valence-electron chi connectivity index (χ0n) is 27.4. The predicted molar refractivity (Wildman–Crippen MR) is 176 cm³/mol. The van der Waals surface area contributed by atoms with Crippen molar-refractivity contribution in [2.24, 2.45) is 5.92 Å². The molecule has 0 heterocycles. The van der Waals surface area contributed by atoms with Crippen molar-refractivity contribution in [2.45, 2.75) is 199 Å². The van der Waals surface area contributed by atoms with Crippen LogP contribution in [-0.4, -0.2) is 11.1 Å². The summed E-state index contributed by atoms with van der Waals surface area (Å²) in [6.07, 6.45) is 34.6. The highest BCUT2D eigenvalue weighted by Gasteiger charge is 2.26. The van der Waals surface area contributed by atoms with Gasteiger partial charge in [-0.05, 0) is 67.1 Å². The highest BCUT2D eigenvalue weighted by atomic mass is 16.4. The number of phenolic OH excluding ortho intramolecular Hbond substituents is 1. The van der Waals surface area contributed by atoms with Gasteiger partial charge in [-0.15, -0.1) is 0 Å². The minimum atomic E-state index is -0.900. The summed E-state index contributed by atoms with van der Waals surface area (Å²) < 4.78 is 0. The second-order valence-electron chi connectivity index (χ2n) is 14.1. The average molecular weight is 582 g/mol. The van der Waals surface area contributed by atoms with Crippen molar-refractivity contribution in [3.8, 4) is 5.75 Å². The van der Waals surface area contributed by atoms with Crippen LogP contribution < -0.4 is 5.11 Å². The van der Waals surface area contributed by atoms with E-state index in [-0.39, 0.29) is 0 Å². The lowest BCUT2D eigenvalue weighted by atomic mass is 9.77. The first-order chi connectivity index (χ1) is 20.6. The van der Waals surface area contributed by atoms with Gasteiger partial charge in [0.05, 0.1) is 0 Å². The molecule has 3 nitrogen and oxygen atoms in total. The summed E-state index contributed by atoms with van der Waals surface area (Å²) in [6, 6.07) is 4.34. The predicted octanol–water partition coefficient (Wildman–Crippen LogP) is 11.0. The van der Waals surface area contributed by atoms with E-state index in [2.05, 4.69) is 19.1 Å². The number of benzene rings is 1. The third-order valence-corrected chi connectivity index (χ3v) is 10.5. The molecule has 1 aromatic carbocycles.